The first-order valence-electron chi connectivity index (χ1n) is 8.24. The molecule has 26 heavy (non-hydrogen) atoms. The van der Waals surface area contributed by atoms with Crippen molar-refractivity contribution in [1.29, 1.82) is 0 Å². The number of carbonyl (C=O) groups is 1. The lowest BCUT2D eigenvalue weighted by molar-refractivity contribution is -0.384. The van der Waals surface area contributed by atoms with Gasteiger partial charge in [-0.25, -0.2) is 0 Å². The standard InChI is InChI=1S/C19H16N4O3/c24-19(14-6-3-7-16(11-14)23(25)26)21-12-15-5-1-2-8-17(15)18(13-21)22-10-4-9-20-22/h1-11,18H,12-13H2. The van der Waals surface area contributed by atoms with Gasteiger partial charge in [0, 0.05) is 43.2 Å². The number of rotatable bonds is 3. The Morgan fingerprint density at radius 3 is 2.77 bits per heavy atom. The minimum absolute atomic E-state index is 0.0856. The highest BCUT2D eigenvalue weighted by Crippen LogP contribution is 2.30. The largest absolute Gasteiger partial charge is 0.332 e. The van der Waals surface area contributed by atoms with Crippen LogP contribution < -0.4 is 0 Å². The van der Waals surface area contributed by atoms with Crippen LogP contribution >= 0.6 is 0 Å². The Morgan fingerprint density at radius 1 is 1.15 bits per heavy atom. The molecule has 3 aromatic rings. The summed E-state index contributed by atoms with van der Waals surface area (Å²) in [6, 6.07) is 15.6. The molecule has 0 aliphatic carbocycles. The molecule has 7 heteroatoms. The van der Waals surface area contributed by atoms with Crippen molar-refractivity contribution in [1.82, 2.24) is 14.7 Å². The van der Waals surface area contributed by atoms with Crippen LogP contribution in [0.2, 0.25) is 0 Å². The molecule has 130 valence electrons. The van der Waals surface area contributed by atoms with Crippen LogP contribution in [0.4, 0.5) is 5.69 Å². The number of nitro groups is 1. The number of nitro benzene ring substituents is 1. The van der Waals surface area contributed by atoms with Crippen LogP contribution in [0, 0.1) is 10.1 Å². The molecule has 4 rings (SSSR count). The van der Waals surface area contributed by atoms with E-state index in [4.69, 9.17) is 0 Å². The Kier molecular flexibility index (Phi) is 3.96. The molecule has 1 aromatic heterocycles. The van der Waals surface area contributed by atoms with Crippen molar-refractivity contribution in [3.8, 4) is 0 Å². The third kappa shape index (κ3) is 2.83. The molecule has 1 unspecified atom stereocenters. The highest BCUT2D eigenvalue weighted by atomic mass is 16.6. The van der Waals surface area contributed by atoms with Gasteiger partial charge in [0.1, 0.15) is 0 Å². The number of fused-ring (bicyclic) bond motifs is 1. The number of benzene rings is 2. The average molecular weight is 348 g/mol. The first-order chi connectivity index (χ1) is 12.6. The van der Waals surface area contributed by atoms with Crippen molar-refractivity contribution in [2.24, 2.45) is 0 Å². The van der Waals surface area contributed by atoms with E-state index in [1.54, 1.807) is 17.2 Å². The second-order valence-electron chi connectivity index (χ2n) is 6.19. The van der Waals surface area contributed by atoms with E-state index in [1.165, 1.54) is 18.2 Å². The van der Waals surface area contributed by atoms with Gasteiger partial charge in [-0.15, -0.1) is 0 Å². The molecule has 2 aromatic carbocycles. The second kappa shape index (κ2) is 6.44. The molecule has 0 N–H and O–H groups in total. The molecule has 1 aliphatic heterocycles. The summed E-state index contributed by atoms with van der Waals surface area (Å²) < 4.78 is 1.84. The second-order valence-corrected chi connectivity index (χ2v) is 6.19. The number of aromatic nitrogens is 2. The number of carbonyl (C=O) groups excluding carboxylic acids is 1. The van der Waals surface area contributed by atoms with Crippen molar-refractivity contribution < 1.29 is 9.72 Å². The zero-order chi connectivity index (χ0) is 18.1. The molecule has 0 saturated heterocycles. The fraction of sp³-hybridized carbons (Fsp3) is 0.158. The van der Waals surface area contributed by atoms with Gasteiger partial charge >= 0.3 is 0 Å². The van der Waals surface area contributed by atoms with Crippen LogP contribution in [0.3, 0.4) is 0 Å². The van der Waals surface area contributed by atoms with Gasteiger partial charge in [-0.1, -0.05) is 30.3 Å². The van der Waals surface area contributed by atoms with Crippen molar-refractivity contribution in [3.63, 3.8) is 0 Å². The topological polar surface area (TPSA) is 81.3 Å². The molecule has 1 aliphatic rings. The van der Waals surface area contributed by atoms with E-state index in [1.807, 2.05) is 35.1 Å². The maximum absolute atomic E-state index is 13.0. The summed E-state index contributed by atoms with van der Waals surface area (Å²) in [7, 11) is 0. The normalized spacial score (nSPS) is 16.2. The lowest BCUT2D eigenvalue weighted by Gasteiger charge is -2.34. The Balaban J connectivity index is 1.69. The molecule has 7 nitrogen and oxygen atoms in total. The zero-order valence-corrected chi connectivity index (χ0v) is 13.9. The van der Waals surface area contributed by atoms with Gasteiger partial charge in [-0.05, 0) is 23.3 Å². The molecule has 0 fully saturated rings. The van der Waals surface area contributed by atoms with E-state index in [0.29, 0.717) is 18.7 Å². The first-order valence-corrected chi connectivity index (χ1v) is 8.24. The zero-order valence-electron chi connectivity index (χ0n) is 13.9. The molecule has 1 amide bonds. The summed E-state index contributed by atoms with van der Waals surface area (Å²) in [6.45, 7) is 0.926. The van der Waals surface area contributed by atoms with E-state index in [0.717, 1.165) is 11.1 Å². The Labute approximate surface area is 149 Å². The summed E-state index contributed by atoms with van der Waals surface area (Å²) in [5.74, 6) is -0.222. The fourth-order valence-electron chi connectivity index (χ4n) is 3.36. The monoisotopic (exact) mass is 348 g/mol. The average Bonchev–Trinajstić information content (AvgIpc) is 3.21. The number of amides is 1. The van der Waals surface area contributed by atoms with Gasteiger partial charge in [-0.2, -0.15) is 5.10 Å². The van der Waals surface area contributed by atoms with Gasteiger partial charge in [0.15, 0.2) is 0 Å². The summed E-state index contributed by atoms with van der Waals surface area (Å²) in [6.07, 6.45) is 3.59. The Bertz CT molecular complexity index is 968. The predicted molar refractivity (Wildman–Crippen MR) is 94.6 cm³/mol. The van der Waals surface area contributed by atoms with Crippen LogP contribution in [0.25, 0.3) is 0 Å². The maximum Gasteiger partial charge on any atom is 0.270 e. The molecule has 0 spiro atoms. The van der Waals surface area contributed by atoms with Crippen molar-refractivity contribution in [3.05, 3.63) is 93.8 Å². The third-order valence-electron chi connectivity index (χ3n) is 4.60. The molecular weight excluding hydrogens is 332 g/mol. The van der Waals surface area contributed by atoms with Gasteiger partial charge in [0.25, 0.3) is 11.6 Å². The van der Waals surface area contributed by atoms with Crippen molar-refractivity contribution in [2.75, 3.05) is 6.54 Å². The van der Waals surface area contributed by atoms with E-state index in [2.05, 4.69) is 11.2 Å². The molecular formula is C19H16N4O3. The number of hydrogen-bond donors (Lipinski definition) is 0. The molecule has 0 bridgehead atoms. The van der Waals surface area contributed by atoms with Crippen LogP contribution in [-0.4, -0.2) is 32.1 Å². The van der Waals surface area contributed by atoms with Crippen LogP contribution in [-0.2, 0) is 6.54 Å². The number of hydrogen-bond acceptors (Lipinski definition) is 4. The van der Waals surface area contributed by atoms with E-state index in [-0.39, 0.29) is 17.6 Å². The van der Waals surface area contributed by atoms with E-state index >= 15 is 0 Å². The number of nitrogens with zero attached hydrogens (tertiary/aromatic N) is 4. The lowest BCUT2D eigenvalue weighted by atomic mass is 9.95. The van der Waals surface area contributed by atoms with Gasteiger partial charge in [0.2, 0.25) is 0 Å². The predicted octanol–water partition coefficient (Wildman–Crippen LogP) is 3.04. The first kappa shape index (κ1) is 16.0. The van der Waals surface area contributed by atoms with Crippen LogP contribution in [0.1, 0.15) is 27.5 Å². The third-order valence-corrected chi connectivity index (χ3v) is 4.60. The van der Waals surface area contributed by atoms with Crippen molar-refractivity contribution >= 4 is 11.6 Å². The summed E-state index contributed by atoms with van der Waals surface area (Å²) in [4.78, 5) is 25.2. The Morgan fingerprint density at radius 2 is 2.00 bits per heavy atom. The molecule has 0 saturated carbocycles. The van der Waals surface area contributed by atoms with Gasteiger partial charge in [-0.3, -0.25) is 19.6 Å². The molecule has 0 radical (unpaired) electrons. The van der Waals surface area contributed by atoms with Crippen LogP contribution in [0.5, 0.6) is 0 Å². The lowest BCUT2D eigenvalue weighted by Crippen LogP contribution is -2.40. The van der Waals surface area contributed by atoms with E-state index in [9.17, 15) is 14.9 Å². The molecule has 2 heterocycles. The van der Waals surface area contributed by atoms with Crippen LogP contribution in [0.15, 0.2) is 67.0 Å². The minimum atomic E-state index is -0.491. The quantitative estimate of drug-likeness (QED) is 0.538. The molecule has 1 atom stereocenters. The highest BCUT2D eigenvalue weighted by Gasteiger charge is 2.30. The highest BCUT2D eigenvalue weighted by molar-refractivity contribution is 5.95. The smallest absolute Gasteiger partial charge is 0.270 e. The summed E-state index contributed by atoms with van der Waals surface area (Å²) >= 11 is 0. The Hall–Kier alpha value is -3.48. The maximum atomic E-state index is 13.0. The summed E-state index contributed by atoms with van der Waals surface area (Å²) in [5, 5.41) is 15.3. The van der Waals surface area contributed by atoms with Gasteiger partial charge in [0.05, 0.1) is 11.0 Å². The minimum Gasteiger partial charge on any atom is -0.332 e. The van der Waals surface area contributed by atoms with Gasteiger partial charge < -0.3 is 4.90 Å². The fourth-order valence-corrected chi connectivity index (χ4v) is 3.36. The summed E-state index contributed by atoms with van der Waals surface area (Å²) in [5.41, 5.74) is 2.42. The number of non-ortho nitro benzene ring substituents is 1. The van der Waals surface area contributed by atoms with Crippen molar-refractivity contribution in [2.45, 2.75) is 12.6 Å². The van der Waals surface area contributed by atoms with E-state index < -0.39 is 4.92 Å². The SMILES string of the molecule is O=C(c1cccc([N+](=O)[O-])c1)N1Cc2ccccc2C(n2cccn2)C1.